The molecule has 1 aliphatic rings. The molecule has 1 aromatic heterocycles. The summed E-state index contributed by atoms with van der Waals surface area (Å²) in [5, 5.41) is 14.1. The van der Waals surface area contributed by atoms with Gasteiger partial charge in [0.05, 0.1) is 29.4 Å². The molecule has 0 radical (unpaired) electrons. The number of morpholine rings is 1. The van der Waals surface area contributed by atoms with Crippen molar-refractivity contribution in [1.82, 2.24) is 10.3 Å². The number of nitrogens with zero attached hydrogens (tertiary/aromatic N) is 4. The Bertz CT molecular complexity index is 865. The van der Waals surface area contributed by atoms with E-state index < -0.39 is 4.92 Å². The van der Waals surface area contributed by atoms with Gasteiger partial charge in [0.1, 0.15) is 5.82 Å². The predicted octanol–water partition coefficient (Wildman–Crippen LogP) is 1.82. The van der Waals surface area contributed by atoms with Gasteiger partial charge >= 0.3 is 0 Å². The molecule has 2 aromatic rings. The number of amides is 1. The molecule has 1 saturated heterocycles. The number of hydrogen-bond acceptors (Lipinski definition) is 7. The zero-order valence-corrected chi connectivity index (χ0v) is 15.9. The van der Waals surface area contributed by atoms with Gasteiger partial charge in [0.25, 0.3) is 11.6 Å². The molecule has 0 atom stereocenters. The Morgan fingerprint density at radius 3 is 2.75 bits per heavy atom. The molecular weight excluding hydrogens is 362 g/mol. The smallest absolute Gasteiger partial charge is 0.270 e. The second-order valence-corrected chi connectivity index (χ2v) is 6.62. The van der Waals surface area contributed by atoms with E-state index >= 15 is 0 Å². The summed E-state index contributed by atoms with van der Waals surface area (Å²) in [6, 6.07) is 8.08. The van der Waals surface area contributed by atoms with Crippen LogP contribution in [-0.4, -0.2) is 56.2 Å². The summed E-state index contributed by atoms with van der Waals surface area (Å²) in [6.07, 6.45) is 1.69. The van der Waals surface area contributed by atoms with Crippen LogP contribution in [0.3, 0.4) is 0 Å². The van der Waals surface area contributed by atoms with E-state index in [-0.39, 0.29) is 23.7 Å². The molecule has 9 heteroatoms. The first-order valence-corrected chi connectivity index (χ1v) is 8.98. The van der Waals surface area contributed by atoms with E-state index in [0.29, 0.717) is 32.0 Å². The molecule has 1 aromatic carbocycles. The largest absolute Gasteiger partial charge is 0.378 e. The van der Waals surface area contributed by atoms with Crippen LogP contribution in [0, 0.1) is 10.1 Å². The first kappa shape index (κ1) is 19.6. The maximum absolute atomic E-state index is 12.9. The monoisotopic (exact) mass is 385 g/mol. The molecule has 1 fully saturated rings. The highest BCUT2D eigenvalue weighted by atomic mass is 16.6. The Kier molecular flexibility index (Phi) is 6.05. The summed E-state index contributed by atoms with van der Waals surface area (Å²) >= 11 is 0. The Morgan fingerprint density at radius 2 is 2.07 bits per heavy atom. The average Bonchev–Trinajstić information content (AvgIpc) is 2.72. The molecule has 148 valence electrons. The zero-order valence-electron chi connectivity index (χ0n) is 15.9. The van der Waals surface area contributed by atoms with Crippen LogP contribution in [0.25, 0.3) is 0 Å². The normalized spacial score (nSPS) is 13.9. The van der Waals surface area contributed by atoms with Crippen LogP contribution in [-0.2, 0) is 11.3 Å². The Hall–Kier alpha value is -3.20. The number of rotatable bonds is 6. The summed E-state index contributed by atoms with van der Waals surface area (Å²) < 4.78 is 5.36. The minimum atomic E-state index is -0.495. The fourth-order valence-electron chi connectivity index (χ4n) is 3.14. The third-order valence-electron chi connectivity index (χ3n) is 4.52. The van der Waals surface area contributed by atoms with Crippen molar-refractivity contribution in [3.8, 4) is 0 Å². The third kappa shape index (κ3) is 4.37. The third-order valence-corrected chi connectivity index (χ3v) is 4.52. The molecule has 0 unspecified atom stereocenters. The summed E-state index contributed by atoms with van der Waals surface area (Å²) in [7, 11) is 3.76. The lowest BCUT2D eigenvalue weighted by atomic mass is 10.1. The minimum Gasteiger partial charge on any atom is -0.378 e. The number of nitro groups is 1. The molecule has 1 N–H and O–H groups in total. The first-order valence-electron chi connectivity index (χ1n) is 8.98. The molecular formula is C19H23N5O4. The highest BCUT2D eigenvalue weighted by Crippen LogP contribution is 2.26. The van der Waals surface area contributed by atoms with E-state index in [1.807, 2.05) is 30.0 Å². The molecule has 28 heavy (non-hydrogen) atoms. The number of hydrogen-bond donors (Lipinski definition) is 1. The zero-order chi connectivity index (χ0) is 20.1. The molecule has 0 saturated carbocycles. The molecule has 9 nitrogen and oxygen atoms in total. The number of carbonyl (C=O) groups excluding carboxylic acids is 1. The SMILES string of the molecule is CN(C)c1ncccc1CNC(=O)c1cc([N+](=O)[O-])ccc1N1CCOCC1. The Morgan fingerprint density at radius 1 is 1.32 bits per heavy atom. The Balaban J connectivity index is 1.85. The molecule has 0 spiro atoms. The average molecular weight is 385 g/mol. The fourth-order valence-corrected chi connectivity index (χ4v) is 3.14. The van der Waals surface area contributed by atoms with Crippen molar-refractivity contribution >= 4 is 23.1 Å². The number of carbonyl (C=O) groups is 1. The van der Waals surface area contributed by atoms with Gasteiger partial charge in [-0.15, -0.1) is 0 Å². The van der Waals surface area contributed by atoms with E-state index in [1.54, 1.807) is 18.3 Å². The highest BCUT2D eigenvalue weighted by Gasteiger charge is 2.22. The van der Waals surface area contributed by atoms with Crippen molar-refractivity contribution in [3.05, 3.63) is 57.8 Å². The van der Waals surface area contributed by atoms with Crippen molar-refractivity contribution in [3.63, 3.8) is 0 Å². The van der Waals surface area contributed by atoms with Crippen LogP contribution in [0.1, 0.15) is 15.9 Å². The first-order chi connectivity index (χ1) is 13.5. The lowest BCUT2D eigenvalue weighted by Gasteiger charge is -2.30. The van der Waals surface area contributed by atoms with Crippen LogP contribution in [0.5, 0.6) is 0 Å². The van der Waals surface area contributed by atoms with E-state index in [0.717, 1.165) is 11.4 Å². The number of nitrogens with one attached hydrogen (secondary N) is 1. The van der Waals surface area contributed by atoms with Gasteiger partial charge in [-0.3, -0.25) is 14.9 Å². The summed E-state index contributed by atoms with van der Waals surface area (Å²) in [4.78, 5) is 31.8. The lowest BCUT2D eigenvalue weighted by Crippen LogP contribution is -2.38. The molecule has 2 heterocycles. The van der Waals surface area contributed by atoms with Crippen LogP contribution in [0.4, 0.5) is 17.2 Å². The van der Waals surface area contributed by atoms with Gasteiger partial charge in [0.15, 0.2) is 0 Å². The number of nitro benzene ring substituents is 1. The van der Waals surface area contributed by atoms with Gasteiger partial charge in [0.2, 0.25) is 0 Å². The van der Waals surface area contributed by atoms with Crippen LogP contribution >= 0.6 is 0 Å². The Labute approximate surface area is 163 Å². The van der Waals surface area contributed by atoms with E-state index in [4.69, 9.17) is 4.74 Å². The van der Waals surface area contributed by atoms with Crippen molar-refractivity contribution in [2.24, 2.45) is 0 Å². The van der Waals surface area contributed by atoms with Crippen molar-refractivity contribution in [2.45, 2.75) is 6.54 Å². The number of ether oxygens (including phenoxy) is 1. The van der Waals surface area contributed by atoms with Crippen molar-refractivity contribution < 1.29 is 14.5 Å². The number of aromatic nitrogens is 1. The number of benzene rings is 1. The van der Waals surface area contributed by atoms with Crippen LogP contribution in [0.15, 0.2) is 36.5 Å². The highest BCUT2D eigenvalue weighted by molar-refractivity contribution is 6.00. The van der Waals surface area contributed by atoms with E-state index in [9.17, 15) is 14.9 Å². The minimum absolute atomic E-state index is 0.113. The topological polar surface area (TPSA) is 101 Å². The van der Waals surface area contributed by atoms with E-state index in [1.165, 1.54) is 12.1 Å². The standard InChI is InChI=1S/C19H23N5O4/c1-22(2)18-14(4-3-7-20-18)13-21-19(25)16-12-15(24(26)27)5-6-17(16)23-8-10-28-11-9-23/h3-7,12H,8-11,13H2,1-2H3,(H,21,25). The fraction of sp³-hybridized carbons (Fsp3) is 0.368. The molecule has 1 aliphatic heterocycles. The van der Waals surface area contributed by atoms with E-state index in [2.05, 4.69) is 10.3 Å². The summed E-state index contributed by atoms with van der Waals surface area (Å²) in [5.74, 6) is 0.397. The van der Waals surface area contributed by atoms with Gasteiger partial charge in [-0.2, -0.15) is 0 Å². The van der Waals surface area contributed by atoms with Gasteiger partial charge in [-0.25, -0.2) is 4.98 Å². The van der Waals surface area contributed by atoms with Crippen molar-refractivity contribution in [2.75, 3.05) is 50.2 Å². The maximum atomic E-state index is 12.9. The second-order valence-electron chi connectivity index (χ2n) is 6.62. The lowest BCUT2D eigenvalue weighted by molar-refractivity contribution is -0.384. The molecule has 0 aliphatic carbocycles. The van der Waals surface area contributed by atoms with Crippen LogP contribution in [0.2, 0.25) is 0 Å². The number of anilines is 2. The van der Waals surface area contributed by atoms with Gasteiger partial charge in [-0.05, 0) is 12.1 Å². The van der Waals surface area contributed by atoms with Gasteiger partial charge in [-0.1, -0.05) is 6.07 Å². The summed E-state index contributed by atoms with van der Waals surface area (Å²) in [6.45, 7) is 2.64. The maximum Gasteiger partial charge on any atom is 0.270 e. The molecule has 3 rings (SSSR count). The molecule has 0 bridgehead atoms. The molecule has 1 amide bonds. The predicted molar refractivity (Wildman–Crippen MR) is 106 cm³/mol. The van der Waals surface area contributed by atoms with Crippen LogP contribution < -0.4 is 15.1 Å². The van der Waals surface area contributed by atoms with Gasteiger partial charge in [0, 0.05) is 57.6 Å². The summed E-state index contributed by atoms with van der Waals surface area (Å²) in [5.41, 5.74) is 1.70. The second kappa shape index (κ2) is 8.66. The van der Waals surface area contributed by atoms with Crippen molar-refractivity contribution in [1.29, 1.82) is 0 Å². The van der Waals surface area contributed by atoms with Gasteiger partial charge < -0.3 is 19.9 Å². The number of pyridine rings is 1. The number of non-ortho nitro benzene ring substituents is 1. The quantitative estimate of drug-likeness (QED) is 0.598.